The molecule has 0 aliphatic heterocycles. The normalized spacial score (nSPS) is 14.1. The molecule has 0 aromatic carbocycles. The van der Waals surface area contributed by atoms with Crippen LogP contribution in [-0.4, -0.2) is 40.9 Å². The van der Waals surface area contributed by atoms with E-state index in [1.54, 1.807) is 29.5 Å². The average molecular weight is 422 g/mol. The van der Waals surface area contributed by atoms with Gasteiger partial charge in [0.15, 0.2) is 6.61 Å². The van der Waals surface area contributed by atoms with Crippen LogP contribution in [0.2, 0.25) is 0 Å². The molecule has 0 spiro atoms. The van der Waals surface area contributed by atoms with Gasteiger partial charge in [-0.05, 0) is 6.42 Å². The molecule has 118 valence electrons. The van der Waals surface area contributed by atoms with Crippen LogP contribution in [-0.2, 0) is 19.1 Å². The Balaban J connectivity index is 4.54. The fraction of sp³-hybridized carbons (Fsp3) is 0.778. The van der Waals surface area contributed by atoms with E-state index in [4.69, 9.17) is 0 Å². The van der Waals surface area contributed by atoms with E-state index in [2.05, 4.69) is 9.47 Å². The van der Waals surface area contributed by atoms with Gasteiger partial charge in [0.2, 0.25) is 0 Å². The first kappa shape index (κ1) is 19.2. The van der Waals surface area contributed by atoms with E-state index < -0.39 is 40.9 Å². The zero-order chi connectivity index (χ0) is 16.1. The van der Waals surface area contributed by atoms with Gasteiger partial charge in [0, 0.05) is 0 Å². The number of alkyl halides is 7. The molecule has 0 N–H and O–H groups in total. The van der Waals surface area contributed by atoms with Crippen LogP contribution in [0.5, 0.6) is 0 Å². The molecule has 0 heterocycles. The van der Waals surface area contributed by atoms with Gasteiger partial charge in [-0.2, -0.15) is 26.3 Å². The molecule has 11 heteroatoms. The van der Waals surface area contributed by atoms with Crippen molar-refractivity contribution in [3.63, 3.8) is 0 Å². The van der Waals surface area contributed by atoms with Crippen molar-refractivity contribution >= 4 is 34.5 Å². The minimum absolute atomic E-state index is 0.322. The molecule has 0 saturated carbocycles. The van der Waals surface area contributed by atoms with Gasteiger partial charge in [0.1, 0.15) is 3.92 Å². The standard InChI is InChI=1S/C9H9F6IO4/c1-2-4(16)6(18)19-3-5(17)20-7(8(10,11)12)9(13,14)15/h4,7H,2-3H2,1H3. The van der Waals surface area contributed by atoms with Gasteiger partial charge < -0.3 is 9.47 Å². The molecule has 0 amide bonds. The lowest BCUT2D eigenvalue weighted by atomic mass is 10.3. The lowest BCUT2D eigenvalue weighted by Gasteiger charge is -2.22. The monoisotopic (exact) mass is 422 g/mol. The molecule has 0 radical (unpaired) electrons. The summed E-state index contributed by atoms with van der Waals surface area (Å²) in [6, 6.07) is 0. The summed E-state index contributed by atoms with van der Waals surface area (Å²) in [4.78, 5) is 21.9. The van der Waals surface area contributed by atoms with E-state index in [1.165, 1.54) is 0 Å². The lowest BCUT2D eigenvalue weighted by molar-refractivity contribution is -0.313. The molecular formula is C9H9F6IO4. The largest absolute Gasteiger partial charge is 0.453 e. The van der Waals surface area contributed by atoms with Crippen LogP contribution in [0, 0.1) is 0 Å². The molecule has 0 saturated heterocycles. The highest BCUT2D eigenvalue weighted by molar-refractivity contribution is 14.1. The number of carbonyl (C=O) groups is 2. The maximum atomic E-state index is 12.1. The summed E-state index contributed by atoms with van der Waals surface area (Å²) in [6.45, 7) is 0.279. The smallest absolute Gasteiger partial charge is 0.434 e. The topological polar surface area (TPSA) is 52.6 Å². The molecular weight excluding hydrogens is 413 g/mol. The van der Waals surface area contributed by atoms with Crippen LogP contribution < -0.4 is 0 Å². The van der Waals surface area contributed by atoms with Crippen molar-refractivity contribution in [3.8, 4) is 0 Å². The van der Waals surface area contributed by atoms with Gasteiger partial charge in [-0.1, -0.05) is 29.5 Å². The molecule has 0 bridgehead atoms. The van der Waals surface area contributed by atoms with Crippen molar-refractivity contribution in [2.45, 2.75) is 35.7 Å². The van der Waals surface area contributed by atoms with E-state index >= 15 is 0 Å². The number of esters is 2. The SMILES string of the molecule is CCC(I)C(=O)OCC(=O)OC(C(F)(F)F)C(F)(F)F. The second kappa shape index (κ2) is 7.31. The third kappa shape index (κ3) is 6.61. The first-order chi connectivity index (χ1) is 8.89. The second-order valence-electron chi connectivity index (χ2n) is 3.44. The number of hydrogen-bond acceptors (Lipinski definition) is 4. The van der Waals surface area contributed by atoms with Gasteiger partial charge in [-0.25, -0.2) is 4.79 Å². The summed E-state index contributed by atoms with van der Waals surface area (Å²) in [7, 11) is 0. The van der Waals surface area contributed by atoms with Crippen molar-refractivity contribution in [2.75, 3.05) is 6.61 Å². The second-order valence-corrected chi connectivity index (χ2v) is 4.94. The number of rotatable bonds is 5. The summed E-state index contributed by atoms with van der Waals surface area (Å²) >= 11 is 1.64. The Morgan fingerprint density at radius 1 is 1.10 bits per heavy atom. The summed E-state index contributed by atoms with van der Waals surface area (Å²) in [5, 5.41) is 0. The molecule has 0 aromatic rings. The zero-order valence-electron chi connectivity index (χ0n) is 9.85. The first-order valence-electron chi connectivity index (χ1n) is 5.03. The highest BCUT2D eigenvalue weighted by Gasteiger charge is 2.59. The molecule has 20 heavy (non-hydrogen) atoms. The van der Waals surface area contributed by atoms with Gasteiger partial charge in [0.05, 0.1) is 0 Å². The van der Waals surface area contributed by atoms with Gasteiger partial charge >= 0.3 is 24.3 Å². The van der Waals surface area contributed by atoms with Crippen LogP contribution >= 0.6 is 22.6 Å². The van der Waals surface area contributed by atoms with E-state index in [-0.39, 0.29) is 0 Å². The number of ether oxygens (including phenoxy) is 2. The van der Waals surface area contributed by atoms with Crippen LogP contribution in [0.3, 0.4) is 0 Å². The molecule has 0 aliphatic carbocycles. The van der Waals surface area contributed by atoms with E-state index in [9.17, 15) is 35.9 Å². The fourth-order valence-electron chi connectivity index (χ4n) is 0.872. The molecule has 0 aliphatic rings. The predicted molar refractivity (Wildman–Crippen MR) is 61.0 cm³/mol. The van der Waals surface area contributed by atoms with Crippen LogP contribution in [0.15, 0.2) is 0 Å². The summed E-state index contributed by atoms with van der Waals surface area (Å²) < 4.78 is 79.1. The van der Waals surface area contributed by atoms with Crippen molar-refractivity contribution in [3.05, 3.63) is 0 Å². The highest BCUT2D eigenvalue weighted by Crippen LogP contribution is 2.35. The fourth-order valence-corrected chi connectivity index (χ4v) is 1.05. The van der Waals surface area contributed by atoms with E-state index in [0.29, 0.717) is 6.42 Å². The third-order valence-corrected chi connectivity index (χ3v) is 3.18. The van der Waals surface area contributed by atoms with Crippen molar-refractivity contribution in [1.29, 1.82) is 0 Å². The minimum atomic E-state index is -5.80. The highest BCUT2D eigenvalue weighted by atomic mass is 127. The Bertz CT molecular complexity index is 339. The average Bonchev–Trinajstić information content (AvgIpc) is 2.28. The van der Waals surface area contributed by atoms with E-state index in [1.807, 2.05) is 0 Å². The van der Waals surface area contributed by atoms with Crippen LogP contribution in [0.25, 0.3) is 0 Å². The van der Waals surface area contributed by atoms with Crippen molar-refractivity contribution < 1.29 is 45.4 Å². The first-order valence-corrected chi connectivity index (χ1v) is 6.27. The lowest BCUT2D eigenvalue weighted by Crippen LogP contribution is -2.46. The molecule has 4 nitrogen and oxygen atoms in total. The summed E-state index contributed by atoms with van der Waals surface area (Å²) in [6.07, 6.45) is -15.5. The Morgan fingerprint density at radius 3 is 1.90 bits per heavy atom. The zero-order valence-corrected chi connectivity index (χ0v) is 12.0. The number of hydrogen-bond donors (Lipinski definition) is 0. The molecule has 1 atom stereocenters. The summed E-state index contributed by atoms with van der Waals surface area (Å²) in [5.41, 5.74) is 0. The molecule has 0 aromatic heterocycles. The van der Waals surface area contributed by atoms with Crippen LogP contribution in [0.4, 0.5) is 26.3 Å². The number of carbonyl (C=O) groups excluding carboxylic acids is 2. The Morgan fingerprint density at radius 2 is 1.55 bits per heavy atom. The van der Waals surface area contributed by atoms with Crippen molar-refractivity contribution in [1.82, 2.24) is 0 Å². The minimum Gasteiger partial charge on any atom is -0.453 e. The maximum absolute atomic E-state index is 12.1. The Labute approximate surface area is 122 Å². The van der Waals surface area contributed by atoms with Crippen LogP contribution in [0.1, 0.15) is 13.3 Å². The van der Waals surface area contributed by atoms with E-state index in [0.717, 1.165) is 0 Å². The summed E-state index contributed by atoms with van der Waals surface area (Å²) in [5.74, 6) is -2.86. The Kier molecular flexibility index (Phi) is 7.04. The van der Waals surface area contributed by atoms with Gasteiger partial charge in [-0.3, -0.25) is 4.79 Å². The van der Waals surface area contributed by atoms with Gasteiger partial charge in [-0.15, -0.1) is 0 Å². The molecule has 0 fully saturated rings. The number of halogens is 7. The molecule has 0 rings (SSSR count). The third-order valence-electron chi connectivity index (χ3n) is 1.79. The van der Waals surface area contributed by atoms with Gasteiger partial charge in [0.25, 0.3) is 6.10 Å². The maximum Gasteiger partial charge on any atom is 0.434 e. The Hall–Kier alpha value is -0.750. The van der Waals surface area contributed by atoms with Crippen molar-refractivity contribution in [2.24, 2.45) is 0 Å². The predicted octanol–water partition coefficient (Wildman–Crippen LogP) is 2.78. The molecule has 1 unspecified atom stereocenters. The quantitative estimate of drug-likeness (QED) is 0.296.